The second-order valence-electron chi connectivity index (χ2n) is 4.24. The molecular weight excluding hydrogens is 352 g/mol. The Hall–Kier alpha value is -2.54. The molecule has 0 bridgehead atoms. The molecule has 2 aromatic carbocycles. The van der Waals surface area contributed by atoms with E-state index in [2.05, 4.69) is 26.8 Å². The van der Waals surface area contributed by atoms with E-state index in [9.17, 15) is 14.7 Å². The van der Waals surface area contributed by atoms with Crippen LogP contribution in [-0.2, 0) is 4.79 Å². The average molecular weight is 365 g/mol. The molecular formula is C15H13BrN2O4. The van der Waals surface area contributed by atoms with Gasteiger partial charge in [0.2, 0.25) is 0 Å². The summed E-state index contributed by atoms with van der Waals surface area (Å²) in [5.74, 6) is -0.880. The molecule has 0 spiro atoms. The molecule has 0 atom stereocenters. The molecule has 0 aromatic heterocycles. The smallest absolute Gasteiger partial charge is 0.276 e. The van der Waals surface area contributed by atoms with Gasteiger partial charge in [0, 0.05) is 4.47 Å². The second kappa shape index (κ2) is 7.46. The van der Waals surface area contributed by atoms with E-state index in [-0.39, 0.29) is 18.1 Å². The summed E-state index contributed by atoms with van der Waals surface area (Å²) in [5.41, 5.74) is 4.90. The summed E-state index contributed by atoms with van der Waals surface area (Å²) in [6.07, 6.45) is 0. The number of hydrazine groups is 1. The Morgan fingerprint density at radius 3 is 2.45 bits per heavy atom. The first-order chi connectivity index (χ1) is 10.6. The van der Waals surface area contributed by atoms with Crippen molar-refractivity contribution in [3.8, 4) is 11.5 Å². The van der Waals surface area contributed by atoms with E-state index >= 15 is 0 Å². The minimum absolute atomic E-state index is 0.0625. The number of ether oxygens (including phenoxy) is 1. The van der Waals surface area contributed by atoms with Crippen LogP contribution in [0, 0.1) is 0 Å². The molecule has 0 radical (unpaired) electrons. The minimum Gasteiger partial charge on any atom is -0.504 e. The standard InChI is InChI=1S/C15H13BrN2O4/c16-11-6-2-1-5-10(11)15(21)18-17-14(20)9-22-13-8-4-3-7-12(13)19/h1-8,19H,9H2,(H,17,20)(H,18,21). The van der Waals surface area contributed by atoms with Crippen molar-refractivity contribution in [2.75, 3.05) is 6.61 Å². The minimum atomic E-state index is -0.552. The largest absolute Gasteiger partial charge is 0.504 e. The predicted molar refractivity (Wildman–Crippen MR) is 83.4 cm³/mol. The summed E-state index contributed by atoms with van der Waals surface area (Å²) in [4.78, 5) is 23.5. The highest BCUT2D eigenvalue weighted by Crippen LogP contribution is 2.23. The third kappa shape index (κ3) is 4.23. The molecule has 0 heterocycles. The Bertz CT molecular complexity index is 691. The van der Waals surface area contributed by atoms with Gasteiger partial charge in [0.1, 0.15) is 0 Å². The van der Waals surface area contributed by atoms with Gasteiger partial charge in [-0.2, -0.15) is 0 Å². The molecule has 0 aliphatic carbocycles. The lowest BCUT2D eigenvalue weighted by molar-refractivity contribution is -0.123. The topological polar surface area (TPSA) is 87.7 Å². The number of rotatable bonds is 4. The van der Waals surface area contributed by atoms with Crippen molar-refractivity contribution in [1.82, 2.24) is 10.9 Å². The van der Waals surface area contributed by atoms with Crippen molar-refractivity contribution in [3.63, 3.8) is 0 Å². The Kier molecular flexibility index (Phi) is 5.37. The zero-order valence-electron chi connectivity index (χ0n) is 11.4. The number of phenols is 1. The number of carbonyl (C=O) groups is 2. The van der Waals surface area contributed by atoms with Crippen molar-refractivity contribution in [2.45, 2.75) is 0 Å². The molecule has 0 aliphatic rings. The number of benzene rings is 2. The maximum Gasteiger partial charge on any atom is 0.276 e. The molecule has 114 valence electrons. The van der Waals surface area contributed by atoms with E-state index in [1.807, 2.05) is 0 Å². The molecule has 0 saturated carbocycles. The molecule has 7 heteroatoms. The van der Waals surface area contributed by atoms with Crippen molar-refractivity contribution < 1.29 is 19.4 Å². The van der Waals surface area contributed by atoms with Gasteiger partial charge < -0.3 is 9.84 Å². The maximum absolute atomic E-state index is 11.9. The first-order valence-corrected chi connectivity index (χ1v) is 7.11. The Labute approximate surface area is 135 Å². The number of nitrogens with one attached hydrogen (secondary N) is 2. The molecule has 22 heavy (non-hydrogen) atoms. The summed E-state index contributed by atoms with van der Waals surface area (Å²) in [5, 5.41) is 9.49. The number of carbonyl (C=O) groups excluding carboxylic acids is 2. The Morgan fingerprint density at radius 2 is 1.73 bits per heavy atom. The van der Waals surface area contributed by atoms with Crippen LogP contribution in [0.3, 0.4) is 0 Å². The van der Waals surface area contributed by atoms with Crippen molar-refractivity contribution in [1.29, 1.82) is 0 Å². The normalized spacial score (nSPS) is 9.86. The zero-order chi connectivity index (χ0) is 15.9. The van der Waals surface area contributed by atoms with Gasteiger partial charge in [0.15, 0.2) is 18.1 Å². The number of hydrogen-bond donors (Lipinski definition) is 3. The van der Waals surface area contributed by atoms with Crippen LogP contribution in [0.15, 0.2) is 53.0 Å². The number of hydrogen-bond acceptors (Lipinski definition) is 4. The lowest BCUT2D eigenvalue weighted by Gasteiger charge is -2.10. The monoisotopic (exact) mass is 364 g/mol. The summed E-state index contributed by atoms with van der Waals surface area (Å²) < 4.78 is 5.76. The highest BCUT2D eigenvalue weighted by Gasteiger charge is 2.11. The highest BCUT2D eigenvalue weighted by molar-refractivity contribution is 9.10. The summed E-state index contributed by atoms with van der Waals surface area (Å²) in [7, 11) is 0. The van der Waals surface area contributed by atoms with E-state index in [0.717, 1.165) is 0 Å². The van der Waals surface area contributed by atoms with Crippen LogP contribution < -0.4 is 15.6 Å². The van der Waals surface area contributed by atoms with Crippen molar-refractivity contribution >= 4 is 27.7 Å². The van der Waals surface area contributed by atoms with Crippen molar-refractivity contribution in [3.05, 3.63) is 58.6 Å². The molecule has 0 saturated heterocycles. The molecule has 6 nitrogen and oxygen atoms in total. The molecule has 0 aliphatic heterocycles. The molecule has 2 rings (SSSR count). The molecule has 0 unspecified atom stereocenters. The van der Waals surface area contributed by atoms with Crippen LogP contribution in [0.4, 0.5) is 0 Å². The zero-order valence-corrected chi connectivity index (χ0v) is 13.0. The highest BCUT2D eigenvalue weighted by atomic mass is 79.9. The van der Waals surface area contributed by atoms with E-state index in [0.29, 0.717) is 10.0 Å². The maximum atomic E-state index is 11.9. The predicted octanol–water partition coefficient (Wildman–Crippen LogP) is 1.99. The fourth-order valence-corrected chi connectivity index (χ4v) is 2.06. The summed E-state index contributed by atoms with van der Waals surface area (Å²) in [6, 6.07) is 13.1. The van der Waals surface area contributed by atoms with E-state index in [1.54, 1.807) is 36.4 Å². The van der Waals surface area contributed by atoms with E-state index in [1.165, 1.54) is 12.1 Å². The molecule has 2 aromatic rings. The van der Waals surface area contributed by atoms with E-state index in [4.69, 9.17) is 4.74 Å². The van der Waals surface area contributed by atoms with Gasteiger partial charge in [-0.05, 0) is 40.2 Å². The van der Waals surface area contributed by atoms with Gasteiger partial charge in [-0.25, -0.2) is 0 Å². The third-order valence-corrected chi connectivity index (χ3v) is 3.35. The lowest BCUT2D eigenvalue weighted by atomic mass is 10.2. The van der Waals surface area contributed by atoms with Crippen molar-refractivity contribution in [2.24, 2.45) is 0 Å². The quantitative estimate of drug-likeness (QED) is 0.724. The van der Waals surface area contributed by atoms with Gasteiger partial charge in [0.05, 0.1) is 5.56 Å². The summed E-state index contributed by atoms with van der Waals surface area (Å²) >= 11 is 3.25. The Morgan fingerprint density at radius 1 is 1.05 bits per heavy atom. The first-order valence-electron chi connectivity index (χ1n) is 6.32. The van der Waals surface area contributed by atoms with Crippen LogP contribution in [0.2, 0.25) is 0 Å². The van der Waals surface area contributed by atoms with Crippen LogP contribution in [-0.4, -0.2) is 23.5 Å². The number of aromatic hydroxyl groups is 1. The van der Waals surface area contributed by atoms with Crippen LogP contribution >= 0.6 is 15.9 Å². The number of phenolic OH excluding ortho intramolecular Hbond substituents is 1. The van der Waals surface area contributed by atoms with Crippen LogP contribution in [0.25, 0.3) is 0 Å². The number of para-hydroxylation sites is 2. The Balaban J connectivity index is 1.82. The lowest BCUT2D eigenvalue weighted by Crippen LogP contribution is -2.43. The van der Waals surface area contributed by atoms with Crippen LogP contribution in [0.5, 0.6) is 11.5 Å². The number of amides is 2. The first kappa shape index (κ1) is 15.8. The van der Waals surface area contributed by atoms with Gasteiger partial charge in [-0.15, -0.1) is 0 Å². The third-order valence-electron chi connectivity index (χ3n) is 2.66. The van der Waals surface area contributed by atoms with Crippen LogP contribution in [0.1, 0.15) is 10.4 Å². The van der Waals surface area contributed by atoms with Gasteiger partial charge in [-0.3, -0.25) is 20.4 Å². The number of halogens is 1. The van der Waals surface area contributed by atoms with Gasteiger partial charge in [0.25, 0.3) is 11.8 Å². The average Bonchev–Trinajstić information content (AvgIpc) is 2.52. The molecule has 3 N–H and O–H groups in total. The van der Waals surface area contributed by atoms with E-state index < -0.39 is 11.8 Å². The molecule has 0 fully saturated rings. The fraction of sp³-hybridized carbons (Fsp3) is 0.0667. The van der Waals surface area contributed by atoms with Gasteiger partial charge in [-0.1, -0.05) is 24.3 Å². The van der Waals surface area contributed by atoms with Gasteiger partial charge >= 0.3 is 0 Å². The second-order valence-corrected chi connectivity index (χ2v) is 5.09. The molecule has 2 amide bonds. The SMILES string of the molecule is O=C(COc1ccccc1O)NNC(=O)c1ccccc1Br. The fourth-order valence-electron chi connectivity index (χ4n) is 1.60. The summed E-state index contributed by atoms with van der Waals surface area (Å²) in [6.45, 7) is -0.339.